The fourth-order valence-electron chi connectivity index (χ4n) is 2.46. The van der Waals surface area contributed by atoms with Gasteiger partial charge in [0.05, 0.1) is 18.2 Å². The fourth-order valence-corrected chi connectivity index (χ4v) is 2.46. The van der Waals surface area contributed by atoms with Crippen molar-refractivity contribution in [2.45, 2.75) is 6.92 Å². The summed E-state index contributed by atoms with van der Waals surface area (Å²) in [4.78, 5) is 15.7. The molecule has 2 heterocycles. The first-order valence-corrected chi connectivity index (χ1v) is 6.48. The maximum atomic E-state index is 11.4. The molecule has 5 nitrogen and oxygen atoms in total. The number of imidazole rings is 1. The number of para-hydroxylation sites is 1. The number of carbonyl (C=O) groups is 1. The zero-order chi connectivity index (χ0) is 15.0. The molecule has 1 N–H and O–H groups in total. The van der Waals surface area contributed by atoms with Gasteiger partial charge in [-0.3, -0.25) is 4.40 Å². The van der Waals surface area contributed by atoms with Crippen molar-refractivity contribution in [1.82, 2.24) is 9.38 Å². The molecular weight excluding hydrogens is 268 g/mol. The quantitative estimate of drug-likeness (QED) is 0.802. The highest BCUT2D eigenvalue weighted by Gasteiger charge is 2.20. The molecule has 106 valence electrons. The van der Waals surface area contributed by atoms with Gasteiger partial charge < -0.3 is 9.84 Å². The van der Waals surface area contributed by atoms with Crippen LogP contribution in [0.1, 0.15) is 16.2 Å². The lowest BCUT2D eigenvalue weighted by atomic mass is 10.2. The van der Waals surface area contributed by atoms with Gasteiger partial charge in [-0.15, -0.1) is 0 Å². The van der Waals surface area contributed by atoms with Crippen LogP contribution >= 0.6 is 0 Å². The monoisotopic (exact) mass is 282 g/mol. The van der Waals surface area contributed by atoms with E-state index in [1.807, 2.05) is 47.7 Å². The van der Waals surface area contributed by atoms with Gasteiger partial charge in [-0.2, -0.15) is 0 Å². The van der Waals surface area contributed by atoms with E-state index < -0.39 is 5.97 Å². The lowest BCUT2D eigenvalue weighted by Crippen LogP contribution is -1.97. The summed E-state index contributed by atoms with van der Waals surface area (Å²) in [6, 6.07) is 12.9. The smallest absolute Gasteiger partial charge is 0.356 e. The molecule has 0 aliphatic carbocycles. The van der Waals surface area contributed by atoms with Crippen LogP contribution in [0.4, 0.5) is 0 Å². The molecule has 0 radical (unpaired) electrons. The number of hydrogen-bond acceptors (Lipinski definition) is 3. The Morgan fingerprint density at radius 3 is 2.67 bits per heavy atom. The van der Waals surface area contributed by atoms with Crippen molar-refractivity contribution in [1.29, 1.82) is 0 Å². The molecule has 21 heavy (non-hydrogen) atoms. The highest BCUT2D eigenvalue weighted by Crippen LogP contribution is 2.31. The largest absolute Gasteiger partial charge is 0.496 e. The summed E-state index contributed by atoms with van der Waals surface area (Å²) in [5.74, 6) is 0.182. The number of benzene rings is 1. The van der Waals surface area contributed by atoms with Crippen molar-refractivity contribution in [2.75, 3.05) is 7.11 Å². The second-order valence-electron chi connectivity index (χ2n) is 4.68. The minimum atomic E-state index is -1.04. The Morgan fingerprint density at radius 2 is 1.95 bits per heavy atom. The molecule has 0 aliphatic rings. The van der Waals surface area contributed by atoms with E-state index in [4.69, 9.17) is 4.74 Å². The topological polar surface area (TPSA) is 63.8 Å². The van der Waals surface area contributed by atoms with Gasteiger partial charge in [0.1, 0.15) is 11.6 Å². The average Bonchev–Trinajstić information content (AvgIpc) is 2.88. The second-order valence-corrected chi connectivity index (χ2v) is 4.68. The summed E-state index contributed by atoms with van der Waals surface area (Å²) in [7, 11) is 1.58. The number of ether oxygens (including phenoxy) is 1. The highest BCUT2D eigenvalue weighted by atomic mass is 16.5. The van der Waals surface area contributed by atoms with Crippen LogP contribution < -0.4 is 4.74 Å². The van der Waals surface area contributed by atoms with Crippen molar-refractivity contribution < 1.29 is 14.6 Å². The number of rotatable bonds is 3. The Balaban J connectivity index is 2.40. The molecule has 0 atom stereocenters. The molecular formula is C16H14N2O3. The highest BCUT2D eigenvalue weighted by molar-refractivity contribution is 5.95. The molecule has 0 fully saturated rings. The Morgan fingerprint density at radius 1 is 1.19 bits per heavy atom. The third-order valence-electron chi connectivity index (χ3n) is 3.41. The van der Waals surface area contributed by atoms with E-state index in [0.29, 0.717) is 17.1 Å². The molecule has 2 aromatic heterocycles. The summed E-state index contributed by atoms with van der Waals surface area (Å²) in [5, 5.41) is 9.35. The van der Waals surface area contributed by atoms with Gasteiger partial charge in [-0.05, 0) is 31.2 Å². The van der Waals surface area contributed by atoms with Crippen LogP contribution in [0.15, 0.2) is 42.5 Å². The Hall–Kier alpha value is -2.82. The van der Waals surface area contributed by atoms with Gasteiger partial charge in [-0.1, -0.05) is 18.2 Å². The predicted molar refractivity (Wildman–Crippen MR) is 78.9 cm³/mol. The number of carboxylic acids is 1. The number of methoxy groups -OCH3 is 1. The normalized spacial score (nSPS) is 10.8. The minimum Gasteiger partial charge on any atom is -0.496 e. The fraction of sp³-hybridized carbons (Fsp3) is 0.125. The summed E-state index contributed by atoms with van der Waals surface area (Å²) in [6.45, 7) is 1.92. The molecule has 5 heteroatoms. The van der Waals surface area contributed by atoms with Gasteiger partial charge in [0.25, 0.3) is 0 Å². The zero-order valence-corrected chi connectivity index (χ0v) is 11.7. The number of fused-ring (bicyclic) bond motifs is 1. The van der Waals surface area contributed by atoms with E-state index >= 15 is 0 Å². The number of carboxylic acid groups (broad SMARTS) is 1. The first kappa shape index (κ1) is 13.2. The van der Waals surface area contributed by atoms with Crippen molar-refractivity contribution >= 4 is 11.5 Å². The summed E-state index contributed by atoms with van der Waals surface area (Å²) < 4.78 is 7.19. The molecule has 3 rings (SSSR count). The van der Waals surface area contributed by atoms with Crippen molar-refractivity contribution in [2.24, 2.45) is 0 Å². The molecule has 0 amide bonds. The van der Waals surface area contributed by atoms with E-state index in [0.717, 1.165) is 11.3 Å². The maximum absolute atomic E-state index is 11.4. The summed E-state index contributed by atoms with van der Waals surface area (Å²) in [6.07, 6.45) is 0. The lowest BCUT2D eigenvalue weighted by molar-refractivity contribution is 0.0693. The second kappa shape index (κ2) is 4.94. The Labute approximate surface area is 121 Å². The van der Waals surface area contributed by atoms with Crippen LogP contribution in [0.5, 0.6) is 5.75 Å². The first-order chi connectivity index (χ1) is 10.1. The van der Waals surface area contributed by atoms with Gasteiger partial charge in [0.2, 0.25) is 0 Å². The third-order valence-corrected chi connectivity index (χ3v) is 3.41. The number of hydrogen-bond donors (Lipinski definition) is 1. The number of aromatic carboxylic acids is 1. The molecule has 0 aliphatic heterocycles. The van der Waals surface area contributed by atoms with Crippen LogP contribution in [0, 0.1) is 6.92 Å². The van der Waals surface area contributed by atoms with Gasteiger partial charge in [0.15, 0.2) is 5.69 Å². The molecule has 0 spiro atoms. The minimum absolute atomic E-state index is 0.0413. The Bertz CT molecular complexity index is 837. The molecule has 0 unspecified atom stereocenters. The van der Waals surface area contributed by atoms with Gasteiger partial charge in [-0.25, -0.2) is 9.78 Å². The van der Waals surface area contributed by atoms with E-state index in [9.17, 15) is 9.90 Å². The van der Waals surface area contributed by atoms with Crippen molar-refractivity contribution in [3.8, 4) is 17.1 Å². The number of aromatic nitrogens is 2. The average molecular weight is 282 g/mol. The van der Waals surface area contributed by atoms with Crippen LogP contribution in [0.3, 0.4) is 0 Å². The molecule has 0 saturated carbocycles. The third kappa shape index (κ3) is 2.03. The van der Waals surface area contributed by atoms with Crippen molar-refractivity contribution in [3.05, 3.63) is 53.9 Å². The first-order valence-electron chi connectivity index (χ1n) is 6.48. The summed E-state index contributed by atoms with van der Waals surface area (Å²) >= 11 is 0. The molecule has 3 aromatic rings. The zero-order valence-electron chi connectivity index (χ0n) is 11.7. The summed E-state index contributed by atoms with van der Waals surface area (Å²) in [5.41, 5.74) is 2.29. The van der Waals surface area contributed by atoms with Gasteiger partial charge in [0, 0.05) is 5.69 Å². The predicted octanol–water partition coefficient (Wildman–Crippen LogP) is 3.02. The van der Waals surface area contributed by atoms with Crippen LogP contribution in [0.2, 0.25) is 0 Å². The van der Waals surface area contributed by atoms with E-state index in [2.05, 4.69) is 4.98 Å². The molecule has 0 bridgehead atoms. The number of aryl methyl sites for hydroxylation is 1. The standard InChI is InChI=1S/C16H14N2O3/c1-10-6-5-8-12-14(16(19)20)17-15(18(10)12)11-7-3-4-9-13(11)21-2/h3-9H,1-2H3,(H,19,20). The maximum Gasteiger partial charge on any atom is 0.356 e. The number of nitrogens with zero attached hydrogens (tertiary/aromatic N) is 2. The number of pyridine rings is 1. The van der Waals surface area contributed by atoms with Crippen LogP contribution in [-0.4, -0.2) is 27.6 Å². The lowest BCUT2D eigenvalue weighted by Gasteiger charge is -2.08. The van der Waals surface area contributed by atoms with Crippen LogP contribution in [0.25, 0.3) is 16.9 Å². The van der Waals surface area contributed by atoms with Crippen molar-refractivity contribution in [3.63, 3.8) is 0 Å². The molecule has 1 aromatic carbocycles. The van der Waals surface area contributed by atoms with Gasteiger partial charge >= 0.3 is 5.97 Å². The van der Waals surface area contributed by atoms with E-state index in [-0.39, 0.29) is 5.69 Å². The van der Waals surface area contributed by atoms with E-state index in [1.54, 1.807) is 13.2 Å². The van der Waals surface area contributed by atoms with Crippen LogP contribution in [-0.2, 0) is 0 Å². The van der Waals surface area contributed by atoms with E-state index in [1.165, 1.54) is 0 Å². The Kier molecular flexibility index (Phi) is 3.10. The molecule has 0 saturated heterocycles. The SMILES string of the molecule is COc1ccccc1-c1nc(C(=O)O)c2cccc(C)n12.